The molecule has 1 aromatic carbocycles. The summed E-state index contributed by atoms with van der Waals surface area (Å²) in [5.74, 6) is 0. The minimum atomic E-state index is -0.449. The van der Waals surface area contributed by atoms with Gasteiger partial charge in [0.15, 0.2) is 0 Å². The lowest BCUT2D eigenvalue weighted by Crippen LogP contribution is -1.93. The summed E-state index contributed by atoms with van der Waals surface area (Å²) in [5, 5.41) is 17.1. The molecule has 2 rings (SSSR count). The van der Waals surface area contributed by atoms with Gasteiger partial charge in [-0.3, -0.25) is 15.2 Å². The van der Waals surface area contributed by atoms with Gasteiger partial charge in [0.1, 0.15) is 0 Å². The van der Waals surface area contributed by atoms with Crippen LogP contribution >= 0.6 is 0 Å². The van der Waals surface area contributed by atoms with Crippen molar-refractivity contribution >= 4 is 11.4 Å². The SMILES string of the molecule is Nc1cn[nH]c1-c1ccccc1[N+](=O)[O-]. The van der Waals surface area contributed by atoms with Crippen molar-refractivity contribution in [2.45, 2.75) is 0 Å². The smallest absolute Gasteiger partial charge is 0.278 e. The standard InChI is InChI=1S/C9H8N4O2/c10-7-5-11-12-9(7)6-3-1-2-4-8(6)13(14)15/h1-5H,10H2,(H,11,12). The van der Waals surface area contributed by atoms with E-state index in [9.17, 15) is 10.1 Å². The van der Waals surface area contributed by atoms with E-state index in [4.69, 9.17) is 5.73 Å². The van der Waals surface area contributed by atoms with Crippen LogP contribution in [0.4, 0.5) is 11.4 Å². The summed E-state index contributed by atoms with van der Waals surface area (Å²) >= 11 is 0. The van der Waals surface area contributed by atoms with Gasteiger partial charge in [0.25, 0.3) is 5.69 Å². The van der Waals surface area contributed by atoms with E-state index in [1.54, 1.807) is 18.2 Å². The number of nitrogens with zero attached hydrogens (tertiary/aromatic N) is 2. The number of para-hydroxylation sites is 1. The number of hydrogen-bond acceptors (Lipinski definition) is 4. The summed E-state index contributed by atoms with van der Waals surface area (Å²) in [6.45, 7) is 0. The molecule has 6 nitrogen and oxygen atoms in total. The summed E-state index contributed by atoms with van der Waals surface area (Å²) < 4.78 is 0. The molecular formula is C9H8N4O2. The van der Waals surface area contributed by atoms with E-state index in [0.29, 0.717) is 16.9 Å². The third-order valence-electron chi connectivity index (χ3n) is 2.04. The van der Waals surface area contributed by atoms with Gasteiger partial charge in [-0.15, -0.1) is 0 Å². The number of hydrogen-bond donors (Lipinski definition) is 2. The molecule has 1 aromatic heterocycles. The maximum Gasteiger partial charge on any atom is 0.278 e. The summed E-state index contributed by atoms with van der Waals surface area (Å²) in [6, 6.07) is 6.37. The molecule has 0 saturated carbocycles. The van der Waals surface area contributed by atoms with Crippen molar-refractivity contribution in [2.75, 3.05) is 5.73 Å². The van der Waals surface area contributed by atoms with E-state index in [0.717, 1.165) is 0 Å². The Morgan fingerprint density at radius 1 is 1.40 bits per heavy atom. The third-order valence-corrected chi connectivity index (χ3v) is 2.04. The Morgan fingerprint density at radius 3 is 2.73 bits per heavy atom. The van der Waals surface area contributed by atoms with Gasteiger partial charge < -0.3 is 5.73 Å². The minimum absolute atomic E-state index is 0.00782. The number of aromatic nitrogens is 2. The zero-order chi connectivity index (χ0) is 10.8. The number of benzene rings is 1. The van der Waals surface area contributed by atoms with Gasteiger partial charge >= 0.3 is 0 Å². The largest absolute Gasteiger partial charge is 0.396 e. The van der Waals surface area contributed by atoms with Crippen LogP contribution in [0.15, 0.2) is 30.5 Å². The van der Waals surface area contributed by atoms with Crippen molar-refractivity contribution in [3.8, 4) is 11.3 Å². The fraction of sp³-hybridized carbons (Fsp3) is 0. The highest BCUT2D eigenvalue weighted by atomic mass is 16.6. The lowest BCUT2D eigenvalue weighted by molar-refractivity contribution is -0.384. The van der Waals surface area contributed by atoms with Gasteiger partial charge in [-0.05, 0) is 6.07 Å². The first-order valence-corrected chi connectivity index (χ1v) is 4.23. The average molecular weight is 204 g/mol. The molecule has 0 aliphatic rings. The Kier molecular flexibility index (Phi) is 2.09. The number of nitrogen functional groups attached to an aromatic ring is 1. The molecule has 0 bridgehead atoms. The Hall–Kier alpha value is -2.37. The lowest BCUT2D eigenvalue weighted by Gasteiger charge is -2.00. The Bertz CT molecular complexity index is 506. The van der Waals surface area contributed by atoms with E-state index in [1.165, 1.54) is 12.3 Å². The van der Waals surface area contributed by atoms with Gasteiger partial charge in [0.05, 0.1) is 28.1 Å². The number of nitrogens with two attached hydrogens (primary N) is 1. The van der Waals surface area contributed by atoms with Crippen LogP contribution < -0.4 is 5.73 Å². The normalized spacial score (nSPS) is 10.1. The van der Waals surface area contributed by atoms with Crippen molar-refractivity contribution in [3.63, 3.8) is 0 Å². The molecule has 0 aliphatic carbocycles. The second-order valence-corrected chi connectivity index (χ2v) is 2.97. The van der Waals surface area contributed by atoms with Crippen LogP contribution in [0.5, 0.6) is 0 Å². The van der Waals surface area contributed by atoms with E-state index in [2.05, 4.69) is 10.2 Å². The van der Waals surface area contributed by atoms with Crippen molar-refractivity contribution in [2.24, 2.45) is 0 Å². The highest BCUT2D eigenvalue weighted by Gasteiger charge is 2.16. The van der Waals surface area contributed by atoms with Crippen LogP contribution in [0.3, 0.4) is 0 Å². The van der Waals surface area contributed by atoms with Crippen LogP contribution in [0.1, 0.15) is 0 Å². The first-order chi connectivity index (χ1) is 7.20. The lowest BCUT2D eigenvalue weighted by atomic mass is 10.1. The van der Waals surface area contributed by atoms with Crippen LogP contribution in [0, 0.1) is 10.1 Å². The number of nitrogens with one attached hydrogen (secondary N) is 1. The highest BCUT2D eigenvalue weighted by Crippen LogP contribution is 2.30. The van der Waals surface area contributed by atoms with Crippen molar-refractivity contribution in [3.05, 3.63) is 40.6 Å². The third kappa shape index (κ3) is 1.52. The summed E-state index contributed by atoms with van der Waals surface area (Å²) in [6.07, 6.45) is 1.42. The van der Waals surface area contributed by atoms with E-state index >= 15 is 0 Å². The van der Waals surface area contributed by atoms with Gasteiger partial charge in [-0.2, -0.15) is 5.10 Å². The zero-order valence-corrected chi connectivity index (χ0v) is 7.68. The molecule has 15 heavy (non-hydrogen) atoms. The van der Waals surface area contributed by atoms with Crippen LogP contribution in [0.2, 0.25) is 0 Å². The number of nitro benzene ring substituents is 1. The molecule has 0 saturated heterocycles. The number of aromatic amines is 1. The molecule has 2 aromatic rings. The van der Waals surface area contributed by atoms with Crippen LogP contribution in [0.25, 0.3) is 11.3 Å². The second kappa shape index (κ2) is 3.41. The van der Waals surface area contributed by atoms with Crippen molar-refractivity contribution in [1.82, 2.24) is 10.2 Å². The molecule has 1 heterocycles. The average Bonchev–Trinajstić information content (AvgIpc) is 2.64. The van der Waals surface area contributed by atoms with Gasteiger partial charge in [-0.1, -0.05) is 12.1 Å². The van der Waals surface area contributed by atoms with Gasteiger partial charge in [0.2, 0.25) is 0 Å². The van der Waals surface area contributed by atoms with Gasteiger partial charge in [0, 0.05) is 6.07 Å². The number of rotatable bonds is 2. The minimum Gasteiger partial charge on any atom is -0.396 e. The fourth-order valence-electron chi connectivity index (χ4n) is 1.36. The Morgan fingerprint density at radius 2 is 2.13 bits per heavy atom. The molecule has 6 heteroatoms. The molecule has 0 unspecified atom stereocenters. The molecular weight excluding hydrogens is 196 g/mol. The Labute approximate surface area is 84.9 Å². The summed E-state index contributed by atoms with van der Waals surface area (Å²) in [4.78, 5) is 10.3. The predicted octanol–water partition coefficient (Wildman–Crippen LogP) is 1.57. The predicted molar refractivity (Wildman–Crippen MR) is 55.1 cm³/mol. The van der Waals surface area contributed by atoms with Crippen LogP contribution in [-0.4, -0.2) is 15.1 Å². The molecule has 0 aliphatic heterocycles. The number of anilines is 1. The molecule has 76 valence electrons. The first-order valence-electron chi connectivity index (χ1n) is 4.23. The molecule has 0 fully saturated rings. The molecule has 0 spiro atoms. The maximum atomic E-state index is 10.8. The highest BCUT2D eigenvalue weighted by molar-refractivity contribution is 5.78. The Balaban J connectivity index is 2.63. The van der Waals surface area contributed by atoms with E-state index in [1.807, 2.05) is 0 Å². The second-order valence-electron chi connectivity index (χ2n) is 2.97. The summed E-state index contributed by atoms with van der Waals surface area (Å²) in [7, 11) is 0. The monoisotopic (exact) mass is 204 g/mol. The quantitative estimate of drug-likeness (QED) is 0.572. The van der Waals surface area contributed by atoms with Crippen molar-refractivity contribution < 1.29 is 4.92 Å². The topological polar surface area (TPSA) is 97.8 Å². The van der Waals surface area contributed by atoms with Gasteiger partial charge in [-0.25, -0.2) is 0 Å². The zero-order valence-electron chi connectivity index (χ0n) is 7.68. The van der Waals surface area contributed by atoms with Crippen molar-refractivity contribution in [1.29, 1.82) is 0 Å². The first kappa shape index (κ1) is 9.20. The van der Waals surface area contributed by atoms with Crippen LogP contribution in [-0.2, 0) is 0 Å². The summed E-state index contributed by atoms with van der Waals surface area (Å²) in [5.41, 5.74) is 6.94. The molecule has 0 amide bonds. The molecule has 3 N–H and O–H groups in total. The molecule has 0 radical (unpaired) electrons. The van der Waals surface area contributed by atoms with E-state index in [-0.39, 0.29) is 5.69 Å². The fourth-order valence-corrected chi connectivity index (χ4v) is 1.36. The number of H-pyrrole nitrogens is 1. The maximum absolute atomic E-state index is 10.8. The van der Waals surface area contributed by atoms with E-state index < -0.39 is 4.92 Å². The number of nitro groups is 1. The molecule has 0 atom stereocenters.